The average molecular weight is 396 g/mol. The van der Waals surface area contributed by atoms with Crippen LogP contribution in [-0.4, -0.2) is 38.6 Å². The molecule has 1 fully saturated rings. The highest BCUT2D eigenvalue weighted by Crippen LogP contribution is 2.49. The zero-order valence-electron chi connectivity index (χ0n) is 18.5. The van der Waals surface area contributed by atoms with E-state index in [1.165, 1.54) is 5.56 Å². The Morgan fingerprint density at radius 3 is 2.14 bits per heavy atom. The van der Waals surface area contributed by atoms with Crippen LogP contribution in [0.25, 0.3) is 0 Å². The maximum absolute atomic E-state index is 13.2. The van der Waals surface area contributed by atoms with Gasteiger partial charge in [-0.15, -0.1) is 0 Å². The number of hydrogen-bond acceptors (Lipinski definition) is 3. The Balaban J connectivity index is 1.67. The number of methoxy groups -OCH3 is 2. The highest BCUT2D eigenvalue weighted by Gasteiger charge is 2.52. The number of benzene rings is 2. The molecule has 0 bridgehead atoms. The largest absolute Gasteiger partial charge is 0.493 e. The monoisotopic (exact) mass is 395 g/mol. The Bertz CT molecular complexity index is 861. The second-order valence-corrected chi connectivity index (χ2v) is 9.08. The molecule has 0 N–H and O–H groups in total. The average Bonchev–Trinajstić information content (AvgIpc) is 3.52. The molecule has 3 rings (SSSR count). The van der Waals surface area contributed by atoms with Gasteiger partial charge in [0, 0.05) is 13.6 Å². The summed E-state index contributed by atoms with van der Waals surface area (Å²) in [5.74, 6) is 1.66. The lowest BCUT2D eigenvalue weighted by molar-refractivity contribution is -0.132. The van der Waals surface area contributed by atoms with Crippen LogP contribution in [0.2, 0.25) is 0 Å². The summed E-state index contributed by atoms with van der Waals surface area (Å²) in [5.41, 5.74) is 3.36. The van der Waals surface area contributed by atoms with Crippen LogP contribution in [0.4, 0.5) is 0 Å². The van der Waals surface area contributed by atoms with Crippen molar-refractivity contribution in [3.63, 3.8) is 0 Å². The lowest BCUT2D eigenvalue weighted by atomic mass is 9.84. The van der Waals surface area contributed by atoms with Crippen LogP contribution in [0.3, 0.4) is 0 Å². The lowest BCUT2D eigenvalue weighted by Gasteiger charge is -2.25. The number of hydrogen-bond donors (Lipinski definition) is 0. The van der Waals surface area contributed by atoms with Gasteiger partial charge in [-0.3, -0.25) is 4.79 Å². The number of carbonyl (C=O) groups excluding carboxylic acids is 1. The molecule has 29 heavy (non-hydrogen) atoms. The van der Waals surface area contributed by atoms with Crippen molar-refractivity contribution in [1.82, 2.24) is 4.90 Å². The molecule has 1 saturated carbocycles. The highest BCUT2D eigenvalue weighted by atomic mass is 16.5. The molecule has 2 aromatic carbocycles. The molecule has 156 valence electrons. The second-order valence-electron chi connectivity index (χ2n) is 9.08. The first kappa shape index (κ1) is 21.2. The highest BCUT2D eigenvalue weighted by molar-refractivity contribution is 5.91. The fraction of sp³-hybridized carbons (Fsp3) is 0.480. The molecular weight excluding hydrogens is 362 g/mol. The van der Waals surface area contributed by atoms with Gasteiger partial charge < -0.3 is 14.4 Å². The molecule has 2 aromatic rings. The third-order valence-corrected chi connectivity index (χ3v) is 5.99. The summed E-state index contributed by atoms with van der Waals surface area (Å²) in [6.45, 7) is 7.31. The fourth-order valence-corrected chi connectivity index (χ4v) is 3.84. The number of nitrogens with zero attached hydrogens (tertiary/aromatic N) is 1. The van der Waals surface area contributed by atoms with E-state index in [1.54, 1.807) is 14.2 Å². The molecule has 0 aliphatic heterocycles. The Kier molecular flexibility index (Phi) is 5.92. The van der Waals surface area contributed by atoms with Gasteiger partial charge in [-0.25, -0.2) is 0 Å². The minimum atomic E-state index is -0.331. The molecule has 1 aliphatic rings. The molecule has 1 aliphatic carbocycles. The lowest BCUT2D eigenvalue weighted by Crippen LogP contribution is -2.37. The van der Waals surface area contributed by atoms with Gasteiger partial charge in [0.05, 0.1) is 19.6 Å². The molecule has 0 unspecified atom stereocenters. The van der Waals surface area contributed by atoms with Gasteiger partial charge in [-0.1, -0.05) is 51.1 Å². The van der Waals surface area contributed by atoms with Crippen molar-refractivity contribution in [2.24, 2.45) is 0 Å². The summed E-state index contributed by atoms with van der Waals surface area (Å²) in [4.78, 5) is 15.1. The van der Waals surface area contributed by atoms with Crippen LogP contribution in [0.5, 0.6) is 11.5 Å². The van der Waals surface area contributed by atoms with E-state index in [1.807, 2.05) is 30.1 Å². The first-order valence-electron chi connectivity index (χ1n) is 10.3. The van der Waals surface area contributed by atoms with Gasteiger partial charge in [0.1, 0.15) is 0 Å². The van der Waals surface area contributed by atoms with Gasteiger partial charge in [-0.2, -0.15) is 0 Å². The summed E-state index contributed by atoms with van der Waals surface area (Å²) in [6, 6.07) is 14.6. The maximum Gasteiger partial charge on any atom is 0.232 e. The summed E-state index contributed by atoms with van der Waals surface area (Å²) >= 11 is 0. The molecular formula is C25H33NO3. The molecule has 4 heteroatoms. The topological polar surface area (TPSA) is 38.8 Å². The van der Waals surface area contributed by atoms with E-state index < -0.39 is 0 Å². The van der Waals surface area contributed by atoms with Crippen LogP contribution >= 0.6 is 0 Å². The summed E-state index contributed by atoms with van der Waals surface area (Å²) in [6.07, 6.45) is 2.64. The molecule has 0 heterocycles. The third-order valence-electron chi connectivity index (χ3n) is 5.99. The van der Waals surface area contributed by atoms with Gasteiger partial charge in [0.15, 0.2) is 11.5 Å². The standard InChI is InChI=1S/C25H33NO3/c1-24(2,3)19-8-10-20(11-9-19)25(14-15-25)23(27)26(4)16-13-18-7-12-21(28-5)22(17-18)29-6/h7-12,17H,13-16H2,1-6H3. The number of carbonyl (C=O) groups is 1. The predicted molar refractivity (Wildman–Crippen MR) is 117 cm³/mol. The number of likely N-dealkylation sites (N-methyl/N-ethyl adjacent to an activating group) is 1. The van der Waals surface area contributed by atoms with Gasteiger partial charge in [0.2, 0.25) is 5.91 Å². The second kappa shape index (κ2) is 8.10. The predicted octanol–water partition coefficient (Wildman–Crippen LogP) is 4.73. The van der Waals surface area contributed by atoms with E-state index in [2.05, 4.69) is 45.0 Å². The van der Waals surface area contributed by atoms with Crippen LogP contribution < -0.4 is 9.47 Å². The van der Waals surface area contributed by atoms with Crippen molar-refractivity contribution in [2.45, 2.75) is 50.9 Å². The third kappa shape index (κ3) is 4.42. The first-order valence-corrected chi connectivity index (χ1v) is 10.3. The Hall–Kier alpha value is -2.49. The number of rotatable bonds is 7. The zero-order valence-corrected chi connectivity index (χ0v) is 18.5. The SMILES string of the molecule is COc1ccc(CCN(C)C(=O)C2(c3ccc(C(C)(C)C)cc3)CC2)cc1OC. The minimum absolute atomic E-state index is 0.121. The Labute approximate surface area is 174 Å². The van der Waals surface area contributed by atoms with Gasteiger partial charge >= 0.3 is 0 Å². The van der Waals surface area contributed by atoms with Crippen molar-refractivity contribution < 1.29 is 14.3 Å². The summed E-state index contributed by atoms with van der Waals surface area (Å²) < 4.78 is 10.7. The van der Waals surface area contributed by atoms with Crippen molar-refractivity contribution in [1.29, 1.82) is 0 Å². The molecule has 0 radical (unpaired) electrons. The van der Waals surface area contributed by atoms with Crippen LogP contribution in [0, 0.1) is 0 Å². The molecule has 0 atom stereocenters. The van der Waals surface area contributed by atoms with E-state index in [4.69, 9.17) is 9.47 Å². The number of amides is 1. The quantitative estimate of drug-likeness (QED) is 0.680. The summed E-state index contributed by atoms with van der Waals surface area (Å²) in [7, 11) is 5.18. The Morgan fingerprint density at radius 2 is 1.62 bits per heavy atom. The van der Waals surface area contributed by atoms with E-state index in [9.17, 15) is 4.79 Å². The van der Waals surface area contributed by atoms with Crippen molar-refractivity contribution in [2.75, 3.05) is 27.8 Å². The van der Waals surface area contributed by atoms with Crippen molar-refractivity contribution in [3.8, 4) is 11.5 Å². The smallest absolute Gasteiger partial charge is 0.232 e. The maximum atomic E-state index is 13.2. The van der Waals surface area contributed by atoms with E-state index in [-0.39, 0.29) is 16.7 Å². The molecule has 4 nitrogen and oxygen atoms in total. The van der Waals surface area contributed by atoms with E-state index in [0.29, 0.717) is 6.54 Å². The molecule has 1 amide bonds. The number of ether oxygens (including phenoxy) is 2. The van der Waals surface area contributed by atoms with E-state index in [0.717, 1.165) is 41.9 Å². The van der Waals surface area contributed by atoms with Crippen molar-refractivity contribution >= 4 is 5.91 Å². The van der Waals surface area contributed by atoms with Gasteiger partial charge in [-0.05, 0) is 53.5 Å². The molecule has 0 aromatic heterocycles. The van der Waals surface area contributed by atoms with Crippen LogP contribution in [0.15, 0.2) is 42.5 Å². The molecule has 0 saturated heterocycles. The van der Waals surface area contributed by atoms with E-state index >= 15 is 0 Å². The van der Waals surface area contributed by atoms with Crippen LogP contribution in [-0.2, 0) is 22.0 Å². The molecule has 0 spiro atoms. The minimum Gasteiger partial charge on any atom is -0.493 e. The normalized spacial score (nSPS) is 15.0. The summed E-state index contributed by atoms with van der Waals surface area (Å²) in [5, 5.41) is 0. The van der Waals surface area contributed by atoms with Crippen LogP contribution in [0.1, 0.15) is 50.3 Å². The Morgan fingerprint density at radius 1 is 1.00 bits per heavy atom. The zero-order chi connectivity index (χ0) is 21.2. The first-order chi connectivity index (χ1) is 13.7. The van der Waals surface area contributed by atoms with Crippen molar-refractivity contribution in [3.05, 3.63) is 59.2 Å². The van der Waals surface area contributed by atoms with Gasteiger partial charge in [0.25, 0.3) is 0 Å². The fourth-order valence-electron chi connectivity index (χ4n) is 3.84.